The molecule has 2 heterocycles. The third-order valence-electron chi connectivity index (χ3n) is 9.03. The molecule has 2 atom stereocenters. The third kappa shape index (κ3) is 6.50. The molecule has 0 spiro atoms. The minimum absolute atomic E-state index is 0.0128. The minimum atomic E-state index is -3.79. The lowest BCUT2D eigenvalue weighted by Gasteiger charge is -2.47. The number of carbonyl (C=O) groups excluding carboxylic acids is 2. The molecule has 0 aliphatic carbocycles. The Morgan fingerprint density at radius 1 is 0.979 bits per heavy atom. The summed E-state index contributed by atoms with van der Waals surface area (Å²) in [5, 5.41) is 3.76. The fourth-order valence-corrected chi connectivity index (χ4v) is 7.97. The van der Waals surface area contributed by atoms with Gasteiger partial charge in [-0.25, -0.2) is 18.0 Å². The number of benzene rings is 3. The van der Waals surface area contributed by atoms with Crippen LogP contribution >= 0.6 is 34.8 Å². The molecule has 3 aromatic rings. The molecule has 3 N–H and O–H groups in total. The van der Waals surface area contributed by atoms with Crippen molar-refractivity contribution in [2.45, 2.75) is 55.6 Å². The normalized spacial score (nSPS) is 21.8. The topological polar surface area (TPSA) is 134 Å². The van der Waals surface area contributed by atoms with Crippen LogP contribution in [0.5, 0.6) is 5.75 Å². The van der Waals surface area contributed by atoms with Crippen molar-refractivity contribution < 1.29 is 22.7 Å². The second-order valence-electron chi connectivity index (χ2n) is 12.0. The zero-order valence-corrected chi connectivity index (χ0v) is 29.5. The van der Waals surface area contributed by atoms with Crippen LogP contribution in [0.15, 0.2) is 70.6 Å². The van der Waals surface area contributed by atoms with E-state index in [1.807, 2.05) is 38.1 Å². The number of nitrogens with two attached hydrogens (primary N) is 1. The van der Waals surface area contributed by atoms with Gasteiger partial charge in [0.25, 0.3) is 0 Å². The molecular formula is C33H36Cl3N5O5S. The molecule has 1 fully saturated rings. The predicted octanol–water partition coefficient (Wildman–Crippen LogP) is 6.59. The number of sulfone groups is 1. The highest BCUT2D eigenvalue weighted by molar-refractivity contribution is 7.90. The maximum absolute atomic E-state index is 15.0. The van der Waals surface area contributed by atoms with Gasteiger partial charge < -0.3 is 20.7 Å². The van der Waals surface area contributed by atoms with Crippen LogP contribution in [0, 0.1) is 0 Å². The predicted molar refractivity (Wildman–Crippen MR) is 184 cm³/mol. The van der Waals surface area contributed by atoms with Crippen LogP contribution in [0.1, 0.15) is 50.3 Å². The molecule has 14 heteroatoms. The number of ether oxygens (including phenoxy) is 1. The number of carbonyl (C=O) groups is 2. The Hall–Kier alpha value is -3.51. The number of amides is 4. The highest BCUT2D eigenvalue weighted by atomic mass is 35.5. The summed E-state index contributed by atoms with van der Waals surface area (Å²) in [6, 6.07) is 16.2. The van der Waals surface area contributed by atoms with Crippen LogP contribution in [-0.2, 0) is 20.9 Å². The van der Waals surface area contributed by atoms with E-state index in [1.165, 1.54) is 12.1 Å². The number of amidine groups is 1. The van der Waals surface area contributed by atoms with Crippen LogP contribution in [0.4, 0.5) is 9.59 Å². The van der Waals surface area contributed by atoms with E-state index in [4.69, 9.17) is 50.3 Å². The number of rotatable bonds is 7. The van der Waals surface area contributed by atoms with Crippen molar-refractivity contribution in [2.24, 2.45) is 10.7 Å². The van der Waals surface area contributed by atoms with E-state index < -0.39 is 26.9 Å². The number of aliphatic imine (C=N–C) groups is 1. The van der Waals surface area contributed by atoms with Gasteiger partial charge in [0.2, 0.25) is 0 Å². The van der Waals surface area contributed by atoms with Crippen molar-refractivity contribution in [3.05, 3.63) is 92.4 Å². The summed E-state index contributed by atoms with van der Waals surface area (Å²) in [4.78, 5) is 35.0. The lowest BCUT2D eigenvalue weighted by Crippen LogP contribution is -2.60. The summed E-state index contributed by atoms with van der Waals surface area (Å²) in [5.74, 6) is 0.469. The van der Waals surface area contributed by atoms with Crippen LogP contribution < -0.4 is 15.8 Å². The van der Waals surface area contributed by atoms with Crippen molar-refractivity contribution in [3.8, 4) is 5.75 Å². The molecule has 0 aromatic heterocycles. The molecule has 0 saturated carbocycles. The molecule has 2 aliphatic heterocycles. The van der Waals surface area contributed by atoms with Gasteiger partial charge in [-0.05, 0) is 75.1 Å². The van der Waals surface area contributed by atoms with Gasteiger partial charge in [-0.2, -0.15) is 0 Å². The van der Waals surface area contributed by atoms with E-state index in [2.05, 4.69) is 5.32 Å². The first-order valence-corrected chi connectivity index (χ1v) is 18.1. The van der Waals surface area contributed by atoms with Gasteiger partial charge in [-0.15, -0.1) is 0 Å². The smallest absolute Gasteiger partial charge is 0.326 e. The van der Waals surface area contributed by atoms with Crippen molar-refractivity contribution in [1.29, 1.82) is 0 Å². The van der Waals surface area contributed by atoms with E-state index in [1.54, 1.807) is 41.0 Å². The zero-order chi connectivity index (χ0) is 34.3. The quantitative estimate of drug-likeness (QED) is 0.284. The van der Waals surface area contributed by atoms with Gasteiger partial charge in [0.1, 0.15) is 22.7 Å². The summed E-state index contributed by atoms with van der Waals surface area (Å²) < 4.78 is 31.8. The van der Waals surface area contributed by atoms with E-state index in [0.29, 0.717) is 36.0 Å². The highest BCUT2D eigenvalue weighted by Gasteiger charge is 2.60. The summed E-state index contributed by atoms with van der Waals surface area (Å²) in [7, 11) is -3.79. The number of urea groups is 2. The molecule has 0 bridgehead atoms. The average molecular weight is 721 g/mol. The molecule has 2 unspecified atom stereocenters. The Morgan fingerprint density at radius 3 is 2.04 bits per heavy atom. The van der Waals surface area contributed by atoms with Gasteiger partial charge in [0.05, 0.1) is 22.1 Å². The lowest BCUT2D eigenvalue weighted by atomic mass is 9.71. The first-order valence-electron chi connectivity index (χ1n) is 15.0. The second kappa shape index (κ2) is 13.2. The highest BCUT2D eigenvalue weighted by Crippen LogP contribution is 2.54. The number of hydrogen-bond donors (Lipinski definition) is 2. The summed E-state index contributed by atoms with van der Waals surface area (Å²) in [6.45, 7) is 6.54. The van der Waals surface area contributed by atoms with Crippen molar-refractivity contribution in [3.63, 3.8) is 0 Å². The number of likely N-dealkylation sites (tertiary alicyclic amines) is 1. The molecular weight excluding hydrogens is 685 g/mol. The molecule has 10 nitrogen and oxygen atoms in total. The van der Waals surface area contributed by atoms with Crippen LogP contribution in [-0.4, -0.2) is 68.1 Å². The van der Waals surface area contributed by atoms with E-state index >= 15 is 0 Å². The molecule has 250 valence electrons. The van der Waals surface area contributed by atoms with Crippen molar-refractivity contribution in [2.75, 3.05) is 26.0 Å². The standard InChI is InChI=1S/C33H36Cl3N5O5S/c1-5-46-27-19-26(36)28(47(4,44)45)18-25(27)29-39-32(2,20-6-10-22(34)11-7-20)33(3,21-8-12-23(35)13-9-21)41(29)31(43)40-16-14-24(15-17-40)38-30(37)42/h6-13,18-19,24H,5,14-17H2,1-4H3,(H3,37,38,42). The lowest BCUT2D eigenvalue weighted by molar-refractivity contribution is 0.0996. The summed E-state index contributed by atoms with van der Waals surface area (Å²) in [5.41, 5.74) is 4.79. The molecule has 2 aliphatic rings. The Morgan fingerprint density at radius 2 is 1.53 bits per heavy atom. The van der Waals surface area contributed by atoms with Crippen LogP contribution in [0.25, 0.3) is 0 Å². The minimum Gasteiger partial charge on any atom is -0.493 e. The Labute approximate surface area is 289 Å². The Kier molecular flexibility index (Phi) is 9.76. The number of hydrogen-bond acceptors (Lipinski definition) is 6. The van der Waals surface area contributed by atoms with Crippen LogP contribution in [0.3, 0.4) is 0 Å². The number of piperidine rings is 1. The van der Waals surface area contributed by atoms with E-state index in [0.717, 1.165) is 17.4 Å². The Balaban J connectivity index is 1.79. The number of nitrogens with zero attached hydrogens (tertiary/aromatic N) is 3. The van der Waals surface area contributed by atoms with Crippen molar-refractivity contribution in [1.82, 2.24) is 15.1 Å². The Bertz CT molecular complexity index is 1830. The molecule has 4 amide bonds. The largest absolute Gasteiger partial charge is 0.493 e. The molecule has 0 radical (unpaired) electrons. The molecule has 5 rings (SSSR count). The first-order chi connectivity index (χ1) is 22.1. The van der Waals surface area contributed by atoms with Crippen LogP contribution in [0.2, 0.25) is 15.1 Å². The van der Waals surface area contributed by atoms with Gasteiger partial charge in [-0.1, -0.05) is 59.1 Å². The SMILES string of the molecule is CCOc1cc(Cl)c(S(C)(=O)=O)cc1C1=NC(C)(c2ccc(Cl)cc2)C(C)(c2ccc(Cl)cc2)N1C(=O)N1CCC(NC(N)=O)CC1. The van der Waals surface area contributed by atoms with E-state index in [-0.39, 0.29) is 45.7 Å². The van der Waals surface area contributed by atoms with Gasteiger partial charge in [-0.3, -0.25) is 9.89 Å². The number of halogens is 3. The zero-order valence-electron chi connectivity index (χ0n) is 26.4. The van der Waals surface area contributed by atoms with E-state index in [9.17, 15) is 18.0 Å². The second-order valence-corrected chi connectivity index (χ2v) is 15.2. The maximum Gasteiger partial charge on any atom is 0.326 e. The monoisotopic (exact) mass is 719 g/mol. The first kappa shape index (κ1) is 34.8. The molecule has 3 aromatic carbocycles. The average Bonchev–Trinajstić information content (AvgIpc) is 3.25. The van der Waals surface area contributed by atoms with Gasteiger partial charge in [0, 0.05) is 41.5 Å². The maximum atomic E-state index is 15.0. The molecule has 1 saturated heterocycles. The fraction of sp³-hybridized carbons (Fsp3) is 0.364. The number of nitrogens with one attached hydrogen (secondary N) is 1. The summed E-state index contributed by atoms with van der Waals surface area (Å²) in [6.07, 6.45) is 2.05. The summed E-state index contributed by atoms with van der Waals surface area (Å²) >= 11 is 19.1. The number of primary amides is 1. The van der Waals surface area contributed by atoms with Gasteiger partial charge in [0.15, 0.2) is 9.84 Å². The fourth-order valence-electron chi connectivity index (χ4n) is 6.39. The third-order valence-corrected chi connectivity index (χ3v) is 11.1. The van der Waals surface area contributed by atoms with Gasteiger partial charge >= 0.3 is 12.1 Å². The van der Waals surface area contributed by atoms with Crippen molar-refractivity contribution >= 4 is 62.5 Å². The molecule has 47 heavy (non-hydrogen) atoms.